The average Bonchev–Trinajstić information content (AvgIpc) is 3.06. The summed E-state index contributed by atoms with van der Waals surface area (Å²) in [5, 5.41) is 6.72. The number of benzene rings is 2. The molecule has 2 aromatic carbocycles. The van der Waals surface area contributed by atoms with Crippen molar-refractivity contribution in [3.8, 4) is 5.75 Å². The second kappa shape index (κ2) is 6.74. The Morgan fingerprint density at radius 2 is 1.90 bits per heavy atom. The third-order valence-electron chi connectivity index (χ3n) is 3.60. The lowest BCUT2D eigenvalue weighted by molar-refractivity contribution is -0.628. The van der Waals surface area contributed by atoms with Crippen LogP contribution >= 0.6 is 11.3 Å². The molecule has 0 saturated carbocycles. The van der Waals surface area contributed by atoms with Crippen molar-refractivity contribution in [1.29, 1.82) is 0 Å². The number of thiophene rings is 1. The molecular weight excluding hydrogens is 278 g/mol. The molecule has 2 nitrogen and oxygen atoms in total. The Morgan fingerprint density at radius 1 is 1.05 bits per heavy atom. The molecule has 0 aliphatic heterocycles. The Hall–Kier alpha value is -1.84. The molecule has 1 atom stereocenters. The Morgan fingerprint density at radius 3 is 2.71 bits per heavy atom. The molecule has 0 radical (unpaired) electrons. The predicted molar refractivity (Wildman–Crippen MR) is 89.0 cm³/mol. The van der Waals surface area contributed by atoms with Crippen molar-refractivity contribution in [3.63, 3.8) is 0 Å². The van der Waals surface area contributed by atoms with Crippen LogP contribution in [-0.4, -0.2) is 13.6 Å². The van der Waals surface area contributed by atoms with E-state index >= 15 is 0 Å². The van der Waals surface area contributed by atoms with Crippen LogP contribution in [0.5, 0.6) is 5.75 Å². The number of quaternary nitrogens is 1. The molecule has 0 bridgehead atoms. The number of hydrogen-bond donors (Lipinski definition) is 1. The van der Waals surface area contributed by atoms with Crippen molar-refractivity contribution >= 4 is 22.1 Å². The van der Waals surface area contributed by atoms with Crippen molar-refractivity contribution < 1.29 is 10.1 Å². The largest absolute Gasteiger partial charge is 0.484 e. The van der Waals surface area contributed by atoms with Crippen LogP contribution in [0.1, 0.15) is 17.4 Å². The summed E-state index contributed by atoms with van der Waals surface area (Å²) in [5.41, 5.74) is 0. The van der Waals surface area contributed by atoms with E-state index in [9.17, 15) is 0 Å². The zero-order chi connectivity index (χ0) is 14.5. The van der Waals surface area contributed by atoms with Gasteiger partial charge in [-0.3, -0.25) is 0 Å². The maximum Gasteiger partial charge on any atom is 0.138 e. The van der Waals surface area contributed by atoms with E-state index in [1.54, 1.807) is 11.3 Å². The zero-order valence-corrected chi connectivity index (χ0v) is 13.0. The van der Waals surface area contributed by atoms with Crippen LogP contribution in [0.4, 0.5) is 0 Å². The first kappa shape index (κ1) is 14.1. The zero-order valence-electron chi connectivity index (χ0n) is 12.2. The molecule has 0 amide bonds. The molecule has 108 valence electrons. The van der Waals surface area contributed by atoms with E-state index < -0.39 is 0 Å². The maximum atomic E-state index is 6.36. The van der Waals surface area contributed by atoms with Gasteiger partial charge >= 0.3 is 0 Å². The molecule has 1 unspecified atom stereocenters. The number of rotatable bonds is 6. The van der Waals surface area contributed by atoms with Crippen molar-refractivity contribution in [3.05, 3.63) is 64.9 Å². The van der Waals surface area contributed by atoms with Gasteiger partial charge in [0.1, 0.15) is 11.9 Å². The quantitative estimate of drug-likeness (QED) is 0.739. The molecule has 0 spiro atoms. The SMILES string of the molecule is C[NH2+]CCC(Oc1cccc2ccccc12)c1cccs1. The first-order valence-electron chi connectivity index (χ1n) is 7.34. The summed E-state index contributed by atoms with van der Waals surface area (Å²) in [6, 6.07) is 18.9. The molecule has 1 aromatic heterocycles. The third kappa shape index (κ3) is 3.26. The van der Waals surface area contributed by atoms with Gasteiger partial charge in [0.25, 0.3) is 0 Å². The maximum absolute atomic E-state index is 6.36. The van der Waals surface area contributed by atoms with Crippen LogP contribution in [0.25, 0.3) is 10.8 Å². The van der Waals surface area contributed by atoms with Crippen LogP contribution < -0.4 is 10.1 Å². The van der Waals surface area contributed by atoms with Gasteiger partial charge in [-0.1, -0.05) is 42.5 Å². The minimum atomic E-state index is 0.131. The Labute approximate surface area is 129 Å². The summed E-state index contributed by atoms with van der Waals surface area (Å²) >= 11 is 1.77. The highest BCUT2D eigenvalue weighted by Crippen LogP contribution is 2.32. The van der Waals surface area contributed by atoms with E-state index in [1.165, 1.54) is 15.6 Å². The third-order valence-corrected chi connectivity index (χ3v) is 4.56. The fraction of sp³-hybridized carbons (Fsp3) is 0.222. The number of fused-ring (bicyclic) bond motifs is 1. The highest BCUT2D eigenvalue weighted by Gasteiger charge is 2.16. The van der Waals surface area contributed by atoms with E-state index in [-0.39, 0.29) is 6.10 Å². The fourth-order valence-electron chi connectivity index (χ4n) is 2.50. The summed E-state index contributed by atoms with van der Waals surface area (Å²) in [6.45, 7) is 1.06. The lowest BCUT2D eigenvalue weighted by Gasteiger charge is -2.18. The number of hydrogen-bond acceptors (Lipinski definition) is 2. The summed E-state index contributed by atoms with van der Waals surface area (Å²) in [4.78, 5) is 1.30. The van der Waals surface area contributed by atoms with Gasteiger partial charge in [0.05, 0.1) is 13.6 Å². The first-order valence-corrected chi connectivity index (χ1v) is 8.22. The Balaban J connectivity index is 1.90. The second-order valence-corrected chi connectivity index (χ2v) is 6.06. The summed E-state index contributed by atoms with van der Waals surface area (Å²) in [7, 11) is 2.10. The molecule has 3 heteroatoms. The predicted octanol–water partition coefficient (Wildman–Crippen LogP) is 3.60. The highest BCUT2D eigenvalue weighted by atomic mass is 32.1. The number of ether oxygens (including phenoxy) is 1. The fourth-order valence-corrected chi connectivity index (χ4v) is 3.29. The summed E-state index contributed by atoms with van der Waals surface area (Å²) in [5.74, 6) is 0.975. The Bertz CT molecular complexity index is 688. The van der Waals surface area contributed by atoms with Crippen molar-refractivity contribution in [2.45, 2.75) is 12.5 Å². The van der Waals surface area contributed by atoms with Gasteiger partial charge in [-0.05, 0) is 22.9 Å². The Kier molecular flexibility index (Phi) is 4.53. The van der Waals surface area contributed by atoms with E-state index in [2.05, 4.69) is 72.3 Å². The average molecular weight is 298 g/mol. The monoisotopic (exact) mass is 298 g/mol. The van der Waals surface area contributed by atoms with Gasteiger partial charge in [-0.25, -0.2) is 0 Å². The van der Waals surface area contributed by atoms with Gasteiger partial charge in [0.15, 0.2) is 0 Å². The van der Waals surface area contributed by atoms with Crippen LogP contribution in [0.15, 0.2) is 60.0 Å². The molecule has 0 saturated heterocycles. The molecule has 0 fully saturated rings. The van der Waals surface area contributed by atoms with Crippen molar-refractivity contribution in [1.82, 2.24) is 0 Å². The van der Waals surface area contributed by atoms with Crippen LogP contribution in [0.3, 0.4) is 0 Å². The van der Waals surface area contributed by atoms with Gasteiger partial charge in [-0.2, -0.15) is 0 Å². The molecule has 3 rings (SSSR count). The van der Waals surface area contributed by atoms with E-state index in [0.717, 1.165) is 18.7 Å². The van der Waals surface area contributed by atoms with Crippen LogP contribution in [-0.2, 0) is 0 Å². The van der Waals surface area contributed by atoms with E-state index in [1.807, 2.05) is 0 Å². The molecular formula is C18H20NOS+. The van der Waals surface area contributed by atoms with Crippen molar-refractivity contribution in [2.24, 2.45) is 0 Å². The highest BCUT2D eigenvalue weighted by molar-refractivity contribution is 7.10. The molecule has 21 heavy (non-hydrogen) atoms. The molecule has 3 aromatic rings. The minimum Gasteiger partial charge on any atom is -0.484 e. The minimum absolute atomic E-state index is 0.131. The number of nitrogens with two attached hydrogens (primary N) is 1. The normalized spacial score (nSPS) is 12.4. The summed E-state index contributed by atoms with van der Waals surface area (Å²) in [6.07, 6.45) is 1.15. The molecule has 0 aliphatic carbocycles. The van der Waals surface area contributed by atoms with Gasteiger partial charge in [0.2, 0.25) is 0 Å². The van der Waals surface area contributed by atoms with Crippen LogP contribution in [0.2, 0.25) is 0 Å². The smallest absolute Gasteiger partial charge is 0.138 e. The summed E-state index contributed by atoms with van der Waals surface area (Å²) < 4.78 is 6.36. The lowest BCUT2D eigenvalue weighted by Crippen LogP contribution is -2.79. The molecule has 0 aliphatic rings. The van der Waals surface area contributed by atoms with E-state index in [4.69, 9.17) is 4.74 Å². The topological polar surface area (TPSA) is 25.8 Å². The van der Waals surface area contributed by atoms with Gasteiger partial charge in [0, 0.05) is 16.7 Å². The van der Waals surface area contributed by atoms with Crippen molar-refractivity contribution in [2.75, 3.05) is 13.6 Å². The molecule has 2 N–H and O–H groups in total. The van der Waals surface area contributed by atoms with Crippen LogP contribution in [0, 0.1) is 0 Å². The van der Waals surface area contributed by atoms with E-state index in [0.29, 0.717) is 0 Å². The first-order chi connectivity index (χ1) is 10.4. The second-order valence-electron chi connectivity index (χ2n) is 5.08. The van der Waals surface area contributed by atoms with Gasteiger partial charge < -0.3 is 10.1 Å². The molecule has 1 heterocycles. The van der Waals surface area contributed by atoms with Gasteiger partial charge in [-0.15, -0.1) is 11.3 Å². The lowest BCUT2D eigenvalue weighted by atomic mass is 10.1. The standard InChI is InChI=1S/C18H19NOS/c1-19-12-11-17(18-10-5-13-21-18)20-16-9-4-7-14-6-2-3-8-15(14)16/h2-10,13,17,19H,11-12H2,1H3/p+1.